The number of esters is 1. The standard InChI is InChI=1S/C22H32O4/c1-12(23)16-6-7-17-18-5-4-14-10-15(26-13(2)24)8-9-22(14,3)21(18)20(25)11-19(16)17/h14-19,21H,4-11H2,1-3H3/t14-,15-,16+,17+,18-,19-,21-,22-/m0/s1. The molecular formula is C22H32O4. The molecule has 4 aliphatic rings. The number of ether oxygens (including phenoxy) is 1. The van der Waals surface area contributed by atoms with E-state index in [4.69, 9.17) is 4.74 Å². The Kier molecular flexibility index (Phi) is 4.51. The highest BCUT2D eigenvalue weighted by atomic mass is 16.5. The first-order chi connectivity index (χ1) is 12.3. The van der Waals surface area contributed by atoms with Crippen molar-refractivity contribution >= 4 is 17.5 Å². The molecule has 4 heteroatoms. The average molecular weight is 360 g/mol. The third-order valence-electron chi connectivity index (χ3n) is 8.54. The lowest BCUT2D eigenvalue weighted by Gasteiger charge is -2.58. The van der Waals surface area contributed by atoms with Gasteiger partial charge in [-0.05, 0) is 81.0 Å². The fourth-order valence-corrected chi connectivity index (χ4v) is 7.48. The zero-order valence-corrected chi connectivity index (χ0v) is 16.3. The number of carbonyl (C=O) groups is 3. The molecule has 0 amide bonds. The van der Waals surface area contributed by atoms with Crippen molar-refractivity contribution in [1.29, 1.82) is 0 Å². The molecule has 0 aromatic heterocycles. The minimum Gasteiger partial charge on any atom is -0.463 e. The second-order valence-corrected chi connectivity index (χ2v) is 9.72. The monoisotopic (exact) mass is 360 g/mol. The molecule has 0 N–H and O–H groups in total. The van der Waals surface area contributed by atoms with Crippen LogP contribution in [0, 0.1) is 40.9 Å². The minimum absolute atomic E-state index is 0.0298. The maximum Gasteiger partial charge on any atom is 0.302 e. The third-order valence-corrected chi connectivity index (χ3v) is 8.54. The molecule has 0 aromatic carbocycles. The first kappa shape index (κ1) is 18.2. The van der Waals surface area contributed by atoms with Crippen LogP contribution in [0.15, 0.2) is 0 Å². The van der Waals surface area contributed by atoms with E-state index < -0.39 is 0 Å². The van der Waals surface area contributed by atoms with Crippen molar-refractivity contribution in [2.24, 2.45) is 40.9 Å². The number of Topliss-reactive ketones (excluding diaryl/α,β-unsaturated/α-hetero) is 2. The first-order valence-corrected chi connectivity index (χ1v) is 10.5. The van der Waals surface area contributed by atoms with Crippen molar-refractivity contribution < 1.29 is 19.1 Å². The quantitative estimate of drug-likeness (QED) is 0.700. The molecular weight excluding hydrogens is 328 g/mol. The normalized spacial score (nSPS) is 47.5. The van der Waals surface area contributed by atoms with Crippen molar-refractivity contribution in [3.05, 3.63) is 0 Å². The lowest BCUT2D eigenvalue weighted by Crippen LogP contribution is -2.55. The predicted octanol–water partition coefficient (Wildman–Crippen LogP) is 3.95. The van der Waals surface area contributed by atoms with E-state index in [9.17, 15) is 14.4 Å². The summed E-state index contributed by atoms with van der Waals surface area (Å²) in [5, 5.41) is 0. The second kappa shape index (κ2) is 6.45. The van der Waals surface area contributed by atoms with Crippen LogP contribution in [0.25, 0.3) is 0 Å². The van der Waals surface area contributed by atoms with Crippen LogP contribution in [0.1, 0.15) is 72.1 Å². The molecule has 0 aliphatic heterocycles. The van der Waals surface area contributed by atoms with Crippen molar-refractivity contribution in [2.75, 3.05) is 0 Å². The van der Waals surface area contributed by atoms with Crippen LogP contribution < -0.4 is 0 Å². The minimum atomic E-state index is -0.190. The summed E-state index contributed by atoms with van der Waals surface area (Å²) in [6, 6.07) is 0. The fraction of sp³-hybridized carbons (Fsp3) is 0.864. The summed E-state index contributed by atoms with van der Waals surface area (Å²) in [5.41, 5.74) is 0.0515. The van der Waals surface area contributed by atoms with Gasteiger partial charge >= 0.3 is 5.97 Å². The molecule has 26 heavy (non-hydrogen) atoms. The molecule has 0 radical (unpaired) electrons. The van der Waals surface area contributed by atoms with Gasteiger partial charge in [-0.2, -0.15) is 0 Å². The number of rotatable bonds is 2. The van der Waals surface area contributed by atoms with Gasteiger partial charge in [0.15, 0.2) is 0 Å². The number of carbonyl (C=O) groups excluding carboxylic acids is 3. The Morgan fingerprint density at radius 3 is 2.42 bits per heavy atom. The predicted molar refractivity (Wildman–Crippen MR) is 97.2 cm³/mol. The van der Waals surface area contributed by atoms with Gasteiger partial charge in [-0.25, -0.2) is 0 Å². The van der Waals surface area contributed by atoms with Crippen LogP contribution in [0.4, 0.5) is 0 Å². The Hall–Kier alpha value is -1.19. The van der Waals surface area contributed by atoms with Gasteiger partial charge in [0, 0.05) is 25.2 Å². The van der Waals surface area contributed by atoms with Gasteiger partial charge in [0.05, 0.1) is 0 Å². The van der Waals surface area contributed by atoms with Crippen LogP contribution in [-0.2, 0) is 19.1 Å². The summed E-state index contributed by atoms with van der Waals surface area (Å²) in [4.78, 5) is 36.6. The summed E-state index contributed by atoms with van der Waals surface area (Å²) in [7, 11) is 0. The highest BCUT2D eigenvalue weighted by molar-refractivity contribution is 5.86. The van der Waals surface area contributed by atoms with E-state index in [1.807, 2.05) is 0 Å². The zero-order valence-electron chi connectivity index (χ0n) is 16.3. The maximum atomic E-state index is 13.3. The molecule has 0 unspecified atom stereocenters. The number of ketones is 2. The molecule has 4 fully saturated rings. The Balaban J connectivity index is 1.56. The molecule has 0 bridgehead atoms. The molecule has 4 aliphatic carbocycles. The maximum absolute atomic E-state index is 13.3. The molecule has 0 spiro atoms. The van der Waals surface area contributed by atoms with Crippen LogP contribution in [0.3, 0.4) is 0 Å². The Labute approximate surface area is 156 Å². The van der Waals surface area contributed by atoms with E-state index in [-0.39, 0.29) is 35.1 Å². The highest BCUT2D eigenvalue weighted by Gasteiger charge is 2.60. The second-order valence-electron chi connectivity index (χ2n) is 9.72. The van der Waals surface area contributed by atoms with E-state index in [0.717, 1.165) is 44.9 Å². The summed E-state index contributed by atoms with van der Waals surface area (Å²) >= 11 is 0. The van der Waals surface area contributed by atoms with Crippen LogP contribution in [-0.4, -0.2) is 23.6 Å². The van der Waals surface area contributed by atoms with Gasteiger partial charge < -0.3 is 4.74 Å². The number of fused-ring (bicyclic) bond motifs is 5. The van der Waals surface area contributed by atoms with Gasteiger partial charge in [0.1, 0.15) is 17.7 Å². The van der Waals surface area contributed by atoms with E-state index in [0.29, 0.717) is 35.9 Å². The smallest absolute Gasteiger partial charge is 0.302 e. The summed E-state index contributed by atoms with van der Waals surface area (Å²) in [6.45, 7) is 5.52. The van der Waals surface area contributed by atoms with E-state index in [2.05, 4.69) is 6.92 Å². The van der Waals surface area contributed by atoms with Crippen molar-refractivity contribution in [1.82, 2.24) is 0 Å². The SMILES string of the molecule is CC(=O)O[C@H]1CC[C@@]2(C)[C@@H](CC[C@H]3[C@H]4CC[C@H](C(C)=O)[C@@H]4CC(=O)[C@H]32)C1. The van der Waals surface area contributed by atoms with Gasteiger partial charge in [0.25, 0.3) is 0 Å². The molecule has 4 saturated carbocycles. The van der Waals surface area contributed by atoms with E-state index >= 15 is 0 Å². The van der Waals surface area contributed by atoms with Crippen molar-refractivity contribution in [3.63, 3.8) is 0 Å². The van der Waals surface area contributed by atoms with E-state index in [1.165, 1.54) is 6.92 Å². The summed E-state index contributed by atoms with van der Waals surface area (Å²) in [6.07, 6.45) is 7.77. The van der Waals surface area contributed by atoms with Crippen molar-refractivity contribution in [2.45, 2.75) is 78.2 Å². The van der Waals surface area contributed by atoms with Crippen LogP contribution in [0.5, 0.6) is 0 Å². The highest BCUT2D eigenvalue weighted by Crippen LogP contribution is 2.63. The van der Waals surface area contributed by atoms with Gasteiger partial charge in [-0.3, -0.25) is 14.4 Å². The zero-order chi connectivity index (χ0) is 18.6. The molecule has 4 rings (SSSR count). The lowest BCUT2D eigenvalue weighted by molar-refractivity contribution is -0.164. The fourth-order valence-electron chi connectivity index (χ4n) is 7.48. The van der Waals surface area contributed by atoms with Gasteiger partial charge in [-0.15, -0.1) is 0 Å². The Morgan fingerprint density at radius 2 is 1.73 bits per heavy atom. The third kappa shape index (κ3) is 2.75. The number of hydrogen-bond acceptors (Lipinski definition) is 4. The Morgan fingerprint density at radius 1 is 1.00 bits per heavy atom. The topological polar surface area (TPSA) is 60.4 Å². The molecule has 8 atom stereocenters. The summed E-state index contributed by atoms with van der Waals surface area (Å²) < 4.78 is 5.50. The first-order valence-electron chi connectivity index (χ1n) is 10.5. The van der Waals surface area contributed by atoms with Crippen LogP contribution >= 0.6 is 0 Å². The molecule has 0 heterocycles. The summed E-state index contributed by atoms with van der Waals surface area (Å²) in [5.74, 6) is 2.61. The van der Waals surface area contributed by atoms with Crippen molar-refractivity contribution in [3.8, 4) is 0 Å². The van der Waals surface area contributed by atoms with Gasteiger partial charge in [-0.1, -0.05) is 6.92 Å². The molecule has 144 valence electrons. The average Bonchev–Trinajstić information content (AvgIpc) is 2.98. The van der Waals surface area contributed by atoms with E-state index in [1.54, 1.807) is 6.92 Å². The largest absolute Gasteiger partial charge is 0.463 e. The molecule has 4 nitrogen and oxygen atoms in total. The molecule has 0 saturated heterocycles. The molecule has 0 aromatic rings. The lowest BCUT2D eigenvalue weighted by atomic mass is 9.46. The van der Waals surface area contributed by atoms with Gasteiger partial charge in [0.2, 0.25) is 0 Å². The number of hydrogen-bond donors (Lipinski definition) is 0. The van der Waals surface area contributed by atoms with Crippen LogP contribution in [0.2, 0.25) is 0 Å². The Bertz CT molecular complexity index is 626.